The molecule has 2 rings (SSSR count). The molecular weight excluding hydrogens is 232 g/mol. The second kappa shape index (κ2) is 5.89. The van der Waals surface area contributed by atoms with E-state index in [1.54, 1.807) is 6.07 Å². The van der Waals surface area contributed by atoms with Crippen molar-refractivity contribution in [2.24, 2.45) is 0 Å². The molecule has 1 aliphatic rings. The molecular formula is C13H15BFNO2. The van der Waals surface area contributed by atoms with E-state index in [2.05, 4.69) is 5.32 Å². The summed E-state index contributed by atoms with van der Waals surface area (Å²) >= 11 is 0. The van der Waals surface area contributed by atoms with Crippen molar-refractivity contribution in [3.8, 4) is 5.75 Å². The van der Waals surface area contributed by atoms with Gasteiger partial charge in [0.2, 0.25) is 5.91 Å². The number of hydrogen-bond donors (Lipinski definition) is 1. The molecule has 2 radical (unpaired) electrons. The van der Waals surface area contributed by atoms with Crippen LogP contribution in [0.5, 0.6) is 5.75 Å². The van der Waals surface area contributed by atoms with E-state index in [9.17, 15) is 9.18 Å². The molecule has 1 aliphatic heterocycles. The Kier molecular flexibility index (Phi) is 4.23. The number of benzene rings is 1. The van der Waals surface area contributed by atoms with Crippen LogP contribution < -0.4 is 10.1 Å². The summed E-state index contributed by atoms with van der Waals surface area (Å²) in [7, 11) is 5.45. The van der Waals surface area contributed by atoms with Gasteiger partial charge in [-0.1, -0.05) is 6.32 Å². The van der Waals surface area contributed by atoms with E-state index in [1.807, 2.05) is 0 Å². The molecule has 1 amide bonds. The summed E-state index contributed by atoms with van der Waals surface area (Å²) in [6.07, 6.45) is 3.22. The van der Waals surface area contributed by atoms with E-state index in [4.69, 9.17) is 12.6 Å². The Balaban J connectivity index is 2.32. The lowest BCUT2D eigenvalue weighted by Gasteiger charge is -2.16. The van der Waals surface area contributed by atoms with Crippen molar-refractivity contribution in [3.05, 3.63) is 23.5 Å². The van der Waals surface area contributed by atoms with Crippen LogP contribution in [0.15, 0.2) is 12.1 Å². The Bertz CT molecular complexity index is 451. The van der Waals surface area contributed by atoms with Crippen LogP contribution in [0.1, 0.15) is 31.2 Å². The van der Waals surface area contributed by atoms with E-state index < -0.39 is 5.82 Å². The van der Waals surface area contributed by atoms with E-state index in [-0.39, 0.29) is 12.2 Å². The summed E-state index contributed by atoms with van der Waals surface area (Å²) in [6, 6.07) is 2.84. The first-order valence-corrected chi connectivity index (χ1v) is 6.16. The van der Waals surface area contributed by atoms with Gasteiger partial charge in [0.15, 0.2) is 0 Å². The lowest BCUT2D eigenvalue weighted by Crippen LogP contribution is -2.15. The first-order chi connectivity index (χ1) is 8.70. The minimum Gasteiger partial charge on any atom is -0.491 e. The fourth-order valence-electron chi connectivity index (χ4n) is 1.93. The minimum atomic E-state index is -0.400. The minimum absolute atomic E-state index is 0.0728. The summed E-state index contributed by atoms with van der Waals surface area (Å²) < 4.78 is 19.1. The number of fused-ring (bicyclic) bond motifs is 1. The highest BCUT2D eigenvalue weighted by atomic mass is 19.1. The van der Waals surface area contributed by atoms with Gasteiger partial charge in [0.1, 0.15) is 11.6 Å². The fraction of sp³-hybridized carbons (Fsp3) is 0.462. The standard InChI is InChI=1S/C13H15BFNO2/c14-8-9-6-11-12(7-10(9)15)18-5-3-1-2-4-13(17)16-11/h6-7H,1-5,8H2,(H,16,17). The number of rotatable bonds is 1. The maximum Gasteiger partial charge on any atom is 0.224 e. The smallest absolute Gasteiger partial charge is 0.224 e. The molecule has 1 heterocycles. The lowest BCUT2D eigenvalue weighted by molar-refractivity contribution is -0.116. The van der Waals surface area contributed by atoms with Crippen LogP contribution in [0.25, 0.3) is 0 Å². The summed E-state index contributed by atoms with van der Waals surface area (Å²) in [4.78, 5) is 11.7. The SMILES string of the molecule is [B]Cc1cc2c(cc1F)OCCCCCC(=O)N2. The first-order valence-electron chi connectivity index (χ1n) is 6.16. The van der Waals surface area contributed by atoms with E-state index in [0.717, 1.165) is 19.3 Å². The molecule has 0 fully saturated rings. The molecule has 0 atom stereocenters. The number of amides is 1. The number of carbonyl (C=O) groups is 1. The first kappa shape index (κ1) is 12.9. The normalized spacial score (nSPS) is 16.4. The third kappa shape index (κ3) is 3.03. The third-order valence-electron chi connectivity index (χ3n) is 2.95. The number of carbonyl (C=O) groups excluding carboxylic acids is 1. The zero-order valence-corrected chi connectivity index (χ0v) is 10.2. The van der Waals surface area contributed by atoms with E-state index in [1.165, 1.54) is 6.07 Å². The predicted octanol–water partition coefficient (Wildman–Crippen LogP) is 2.39. The van der Waals surface area contributed by atoms with Gasteiger partial charge >= 0.3 is 0 Å². The average molecular weight is 247 g/mol. The molecule has 0 aliphatic carbocycles. The number of nitrogens with one attached hydrogen (secondary N) is 1. The van der Waals surface area contributed by atoms with Crippen LogP contribution in [-0.4, -0.2) is 20.4 Å². The van der Waals surface area contributed by atoms with Crippen LogP contribution in [0, 0.1) is 5.82 Å². The highest BCUT2D eigenvalue weighted by Gasteiger charge is 2.13. The van der Waals surface area contributed by atoms with Gasteiger partial charge in [0.05, 0.1) is 20.1 Å². The van der Waals surface area contributed by atoms with Gasteiger partial charge in [-0.2, -0.15) is 0 Å². The molecule has 0 aromatic heterocycles. The van der Waals surface area contributed by atoms with Gasteiger partial charge < -0.3 is 10.1 Å². The van der Waals surface area contributed by atoms with Crippen molar-refractivity contribution >= 4 is 19.4 Å². The average Bonchev–Trinajstić information content (AvgIpc) is 2.36. The van der Waals surface area contributed by atoms with Gasteiger partial charge in [0, 0.05) is 12.5 Å². The zero-order chi connectivity index (χ0) is 13.0. The fourth-order valence-corrected chi connectivity index (χ4v) is 1.93. The largest absolute Gasteiger partial charge is 0.491 e. The Morgan fingerprint density at radius 2 is 2.17 bits per heavy atom. The molecule has 0 bridgehead atoms. The van der Waals surface area contributed by atoms with Gasteiger partial charge in [-0.15, -0.1) is 0 Å². The molecule has 1 aromatic rings. The molecule has 1 aromatic carbocycles. The van der Waals surface area contributed by atoms with Crippen molar-refractivity contribution in [2.75, 3.05) is 11.9 Å². The second-order valence-electron chi connectivity index (χ2n) is 4.35. The molecule has 5 heteroatoms. The molecule has 94 valence electrons. The third-order valence-corrected chi connectivity index (χ3v) is 2.95. The summed E-state index contributed by atoms with van der Waals surface area (Å²) in [5.41, 5.74) is 0.874. The Morgan fingerprint density at radius 1 is 1.33 bits per heavy atom. The molecule has 0 unspecified atom stereocenters. The molecule has 0 saturated carbocycles. The van der Waals surface area contributed by atoms with Crippen molar-refractivity contribution in [2.45, 2.75) is 32.0 Å². The highest BCUT2D eigenvalue weighted by molar-refractivity contribution is 6.08. The molecule has 1 N–H and O–H groups in total. The highest BCUT2D eigenvalue weighted by Crippen LogP contribution is 2.29. The van der Waals surface area contributed by atoms with Crippen molar-refractivity contribution in [1.29, 1.82) is 0 Å². The van der Waals surface area contributed by atoms with E-state index >= 15 is 0 Å². The Labute approximate surface area is 107 Å². The van der Waals surface area contributed by atoms with Gasteiger partial charge in [-0.25, -0.2) is 4.39 Å². The van der Waals surface area contributed by atoms with Crippen molar-refractivity contribution < 1.29 is 13.9 Å². The number of ether oxygens (including phenoxy) is 1. The molecule has 18 heavy (non-hydrogen) atoms. The van der Waals surface area contributed by atoms with Crippen LogP contribution in [0.3, 0.4) is 0 Å². The molecule has 0 saturated heterocycles. The predicted molar refractivity (Wildman–Crippen MR) is 68.5 cm³/mol. The van der Waals surface area contributed by atoms with Crippen molar-refractivity contribution in [1.82, 2.24) is 0 Å². The Morgan fingerprint density at radius 3 is 2.94 bits per heavy atom. The second-order valence-corrected chi connectivity index (χ2v) is 4.35. The lowest BCUT2D eigenvalue weighted by atomic mass is 9.96. The van der Waals surface area contributed by atoms with Crippen LogP contribution in [0.4, 0.5) is 10.1 Å². The maximum absolute atomic E-state index is 13.6. The summed E-state index contributed by atoms with van der Waals surface area (Å²) in [5.74, 6) is -0.0983. The number of hydrogen-bond acceptors (Lipinski definition) is 2. The van der Waals surface area contributed by atoms with Gasteiger partial charge in [0.25, 0.3) is 0 Å². The zero-order valence-electron chi connectivity index (χ0n) is 10.2. The van der Waals surface area contributed by atoms with Crippen molar-refractivity contribution in [3.63, 3.8) is 0 Å². The van der Waals surface area contributed by atoms with Gasteiger partial charge in [-0.3, -0.25) is 4.79 Å². The summed E-state index contributed by atoms with van der Waals surface area (Å²) in [6.45, 7) is 0.532. The van der Waals surface area contributed by atoms with Gasteiger partial charge in [-0.05, 0) is 30.9 Å². The summed E-state index contributed by atoms with van der Waals surface area (Å²) in [5, 5.41) is 2.75. The topological polar surface area (TPSA) is 38.3 Å². The maximum atomic E-state index is 13.6. The number of halogens is 1. The molecule has 3 nitrogen and oxygen atoms in total. The Hall–Kier alpha value is -1.52. The van der Waals surface area contributed by atoms with Crippen LogP contribution in [-0.2, 0) is 11.1 Å². The molecule has 0 spiro atoms. The van der Waals surface area contributed by atoms with Crippen LogP contribution in [0.2, 0.25) is 0 Å². The van der Waals surface area contributed by atoms with E-state index in [0.29, 0.717) is 30.0 Å². The van der Waals surface area contributed by atoms with Crippen LogP contribution >= 0.6 is 0 Å². The number of anilines is 1. The quantitative estimate of drug-likeness (QED) is 0.773. The monoisotopic (exact) mass is 247 g/mol.